The Kier molecular flexibility index (Phi) is 3.92. The minimum atomic E-state index is 0.306. The van der Waals surface area contributed by atoms with Crippen LogP contribution in [0.2, 0.25) is 0 Å². The minimum absolute atomic E-state index is 0.306. The number of nitrogens with two attached hydrogens (primary N) is 1. The summed E-state index contributed by atoms with van der Waals surface area (Å²) in [5, 5.41) is 8.82. The average molecular weight is 273 g/mol. The smallest absolute Gasteiger partial charge is 0.112 e. The maximum atomic E-state index is 8.82. The standard InChI is InChI=1S/C16H23N3O/c17-13-7-8-15-14(11-13)18-16(12-5-6-12)19(15)9-3-1-2-4-10-20/h7-8,11-12,20H,1-6,9-10,17H2. The number of nitrogen functional groups attached to an aromatic ring is 1. The van der Waals surface area contributed by atoms with Crippen molar-refractivity contribution in [2.45, 2.75) is 51.0 Å². The van der Waals surface area contributed by atoms with Crippen molar-refractivity contribution in [1.29, 1.82) is 0 Å². The molecule has 1 aromatic heterocycles. The lowest BCUT2D eigenvalue weighted by molar-refractivity contribution is 0.282. The fourth-order valence-electron chi connectivity index (χ4n) is 2.79. The van der Waals surface area contributed by atoms with Crippen molar-refractivity contribution >= 4 is 16.7 Å². The predicted octanol–water partition coefficient (Wildman–Crippen LogP) is 3.05. The van der Waals surface area contributed by atoms with Gasteiger partial charge in [-0.15, -0.1) is 0 Å². The minimum Gasteiger partial charge on any atom is -0.399 e. The number of imidazole rings is 1. The monoisotopic (exact) mass is 273 g/mol. The maximum Gasteiger partial charge on any atom is 0.112 e. The lowest BCUT2D eigenvalue weighted by Gasteiger charge is -2.08. The Morgan fingerprint density at radius 1 is 1.20 bits per heavy atom. The molecule has 0 saturated heterocycles. The SMILES string of the molecule is Nc1ccc2c(c1)nc(C1CC1)n2CCCCCCO. The van der Waals surface area contributed by atoms with Crippen LogP contribution in [0, 0.1) is 0 Å². The highest BCUT2D eigenvalue weighted by Gasteiger charge is 2.29. The molecule has 4 heteroatoms. The molecule has 1 saturated carbocycles. The summed E-state index contributed by atoms with van der Waals surface area (Å²) >= 11 is 0. The highest BCUT2D eigenvalue weighted by molar-refractivity contribution is 5.79. The lowest BCUT2D eigenvalue weighted by atomic mass is 10.2. The molecular formula is C16H23N3O. The summed E-state index contributed by atoms with van der Waals surface area (Å²) in [6, 6.07) is 6.03. The van der Waals surface area contributed by atoms with Gasteiger partial charge in [-0.2, -0.15) is 0 Å². The molecule has 0 unspecified atom stereocenters. The third-order valence-electron chi connectivity index (χ3n) is 4.03. The second-order valence-electron chi connectivity index (χ2n) is 5.78. The van der Waals surface area contributed by atoms with Crippen LogP contribution in [0.25, 0.3) is 11.0 Å². The number of aliphatic hydroxyl groups excluding tert-OH is 1. The predicted molar refractivity (Wildman–Crippen MR) is 81.7 cm³/mol. The van der Waals surface area contributed by atoms with E-state index < -0.39 is 0 Å². The van der Waals surface area contributed by atoms with Gasteiger partial charge in [0.05, 0.1) is 11.0 Å². The van der Waals surface area contributed by atoms with Crippen molar-refractivity contribution in [3.63, 3.8) is 0 Å². The molecule has 1 aliphatic rings. The van der Waals surface area contributed by atoms with Crippen molar-refractivity contribution in [1.82, 2.24) is 9.55 Å². The van der Waals surface area contributed by atoms with E-state index in [9.17, 15) is 0 Å². The lowest BCUT2D eigenvalue weighted by Crippen LogP contribution is -2.03. The number of unbranched alkanes of at least 4 members (excludes halogenated alkanes) is 3. The van der Waals surface area contributed by atoms with Crippen LogP contribution < -0.4 is 5.73 Å². The van der Waals surface area contributed by atoms with E-state index in [1.165, 1.54) is 30.6 Å². The van der Waals surface area contributed by atoms with Gasteiger partial charge in [-0.1, -0.05) is 12.8 Å². The molecule has 4 nitrogen and oxygen atoms in total. The van der Waals surface area contributed by atoms with Crippen LogP contribution >= 0.6 is 0 Å². The van der Waals surface area contributed by atoms with Gasteiger partial charge in [0.2, 0.25) is 0 Å². The van der Waals surface area contributed by atoms with Gasteiger partial charge in [0.25, 0.3) is 0 Å². The number of fused-ring (bicyclic) bond motifs is 1. The summed E-state index contributed by atoms with van der Waals surface area (Å²) in [5.41, 5.74) is 8.88. The first-order valence-corrected chi connectivity index (χ1v) is 7.66. The molecule has 3 rings (SSSR count). The van der Waals surface area contributed by atoms with Gasteiger partial charge >= 0.3 is 0 Å². The third-order valence-corrected chi connectivity index (χ3v) is 4.03. The van der Waals surface area contributed by atoms with E-state index in [0.29, 0.717) is 12.5 Å². The summed E-state index contributed by atoms with van der Waals surface area (Å²) in [6.45, 7) is 1.33. The van der Waals surface area contributed by atoms with E-state index >= 15 is 0 Å². The number of rotatable bonds is 7. The Morgan fingerprint density at radius 2 is 2.00 bits per heavy atom. The average Bonchev–Trinajstić information content (AvgIpc) is 3.22. The van der Waals surface area contributed by atoms with Gasteiger partial charge in [-0.25, -0.2) is 4.98 Å². The highest BCUT2D eigenvalue weighted by atomic mass is 16.2. The molecule has 0 radical (unpaired) electrons. The molecule has 20 heavy (non-hydrogen) atoms. The Balaban J connectivity index is 1.78. The summed E-state index contributed by atoms with van der Waals surface area (Å²) in [6.07, 6.45) is 6.87. The quantitative estimate of drug-likeness (QED) is 0.602. The topological polar surface area (TPSA) is 64.1 Å². The summed E-state index contributed by atoms with van der Waals surface area (Å²) in [4.78, 5) is 4.79. The number of anilines is 1. The Labute approximate surface area is 119 Å². The van der Waals surface area contributed by atoms with E-state index in [1.54, 1.807) is 0 Å². The number of hydrogen-bond donors (Lipinski definition) is 2. The first-order chi connectivity index (χ1) is 9.79. The van der Waals surface area contributed by atoms with Gasteiger partial charge in [0, 0.05) is 24.8 Å². The number of aryl methyl sites for hydroxylation is 1. The normalized spacial score (nSPS) is 15.1. The van der Waals surface area contributed by atoms with Crippen LogP contribution in [0.5, 0.6) is 0 Å². The van der Waals surface area contributed by atoms with E-state index in [0.717, 1.165) is 37.0 Å². The Morgan fingerprint density at radius 3 is 2.75 bits per heavy atom. The van der Waals surface area contributed by atoms with Crippen LogP contribution in [-0.4, -0.2) is 21.3 Å². The zero-order valence-corrected chi connectivity index (χ0v) is 11.9. The molecule has 0 amide bonds. The Hall–Kier alpha value is -1.55. The fourth-order valence-corrected chi connectivity index (χ4v) is 2.79. The third kappa shape index (κ3) is 2.80. The van der Waals surface area contributed by atoms with Crippen LogP contribution in [0.15, 0.2) is 18.2 Å². The second kappa shape index (κ2) is 5.83. The highest BCUT2D eigenvalue weighted by Crippen LogP contribution is 2.41. The van der Waals surface area contributed by atoms with Gasteiger partial charge in [0.15, 0.2) is 0 Å². The molecule has 0 bridgehead atoms. The molecule has 1 aromatic carbocycles. The van der Waals surface area contributed by atoms with Crippen molar-refractivity contribution < 1.29 is 5.11 Å². The van der Waals surface area contributed by atoms with E-state index in [1.807, 2.05) is 12.1 Å². The zero-order valence-electron chi connectivity index (χ0n) is 11.9. The summed E-state index contributed by atoms with van der Waals surface area (Å²) in [7, 11) is 0. The number of hydrogen-bond acceptors (Lipinski definition) is 3. The van der Waals surface area contributed by atoms with E-state index in [4.69, 9.17) is 15.8 Å². The maximum absolute atomic E-state index is 8.82. The molecule has 0 spiro atoms. The molecule has 1 aliphatic carbocycles. The van der Waals surface area contributed by atoms with E-state index in [-0.39, 0.29) is 0 Å². The van der Waals surface area contributed by atoms with Crippen LogP contribution in [0.1, 0.15) is 50.3 Å². The van der Waals surface area contributed by atoms with Crippen molar-refractivity contribution in [3.8, 4) is 0 Å². The number of aliphatic hydroxyl groups is 1. The van der Waals surface area contributed by atoms with Gasteiger partial charge < -0.3 is 15.4 Å². The number of benzene rings is 1. The fraction of sp³-hybridized carbons (Fsp3) is 0.562. The van der Waals surface area contributed by atoms with E-state index in [2.05, 4.69) is 10.6 Å². The molecular weight excluding hydrogens is 250 g/mol. The second-order valence-corrected chi connectivity index (χ2v) is 5.78. The van der Waals surface area contributed by atoms with Crippen molar-refractivity contribution in [2.75, 3.05) is 12.3 Å². The van der Waals surface area contributed by atoms with Crippen molar-refractivity contribution in [3.05, 3.63) is 24.0 Å². The summed E-state index contributed by atoms with van der Waals surface area (Å²) < 4.78 is 2.38. The van der Waals surface area contributed by atoms with Crippen LogP contribution in [-0.2, 0) is 6.54 Å². The molecule has 2 aromatic rings. The first kappa shape index (κ1) is 13.4. The molecule has 0 atom stereocenters. The largest absolute Gasteiger partial charge is 0.399 e. The van der Waals surface area contributed by atoms with Crippen LogP contribution in [0.3, 0.4) is 0 Å². The van der Waals surface area contributed by atoms with Crippen molar-refractivity contribution in [2.24, 2.45) is 0 Å². The molecule has 108 valence electrons. The number of nitrogens with zero attached hydrogens (tertiary/aromatic N) is 2. The Bertz CT molecular complexity index is 587. The molecule has 3 N–H and O–H groups in total. The number of aromatic nitrogens is 2. The van der Waals surface area contributed by atoms with Gasteiger partial charge in [0.1, 0.15) is 5.82 Å². The van der Waals surface area contributed by atoms with Crippen LogP contribution in [0.4, 0.5) is 5.69 Å². The molecule has 1 fully saturated rings. The zero-order chi connectivity index (χ0) is 13.9. The first-order valence-electron chi connectivity index (χ1n) is 7.66. The summed E-state index contributed by atoms with van der Waals surface area (Å²) in [5.74, 6) is 1.90. The van der Waals surface area contributed by atoms with Gasteiger partial charge in [-0.3, -0.25) is 0 Å². The molecule has 1 heterocycles. The van der Waals surface area contributed by atoms with Gasteiger partial charge in [-0.05, 0) is 43.9 Å². The molecule has 0 aliphatic heterocycles.